The van der Waals surface area contributed by atoms with Gasteiger partial charge >= 0.3 is 0 Å². The van der Waals surface area contributed by atoms with E-state index in [1.54, 1.807) is 0 Å². The Balaban J connectivity index is 1.95. The third kappa shape index (κ3) is 2.03. The van der Waals surface area contributed by atoms with E-state index in [0.29, 0.717) is 0 Å². The lowest BCUT2D eigenvalue weighted by atomic mass is 10.1. The van der Waals surface area contributed by atoms with Crippen LogP contribution in [-0.2, 0) is 0 Å². The summed E-state index contributed by atoms with van der Waals surface area (Å²) in [7, 11) is 0. The predicted molar refractivity (Wildman–Crippen MR) is 85.0 cm³/mol. The highest BCUT2D eigenvalue weighted by Crippen LogP contribution is 2.23. The zero-order valence-corrected chi connectivity index (χ0v) is 11.6. The zero-order chi connectivity index (χ0) is 14.2. The highest BCUT2D eigenvalue weighted by Gasteiger charge is 2.07. The van der Waals surface area contributed by atoms with E-state index in [1.165, 1.54) is 0 Å². The van der Waals surface area contributed by atoms with Gasteiger partial charge in [0.1, 0.15) is 0 Å². The van der Waals surface area contributed by atoms with Crippen molar-refractivity contribution in [3.63, 3.8) is 0 Å². The number of nitrogens with zero attached hydrogens (tertiary/aromatic N) is 3. The first-order valence-corrected chi connectivity index (χ1v) is 6.90. The van der Waals surface area contributed by atoms with Gasteiger partial charge in [-0.2, -0.15) is 0 Å². The van der Waals surface area contributed by atoms with Crippen molar-refractivity contribution in [2.45, 2.75) is 6.92 Å². The molecule has 0 saturated heterocycles. The van der Waals surface area contributed by atoms with Crippen molar-refractivity contribution in [2.75, 3.05) is 0 Å². The van der Waals surface area contributed by atoms with Gasteiger partial charge in [-0.1, -0.05) is 36.4 Å². The van der Waals surface area contributed by atoms with E-state index in [2.05, 4.69) is 27.1 Å². The molecule has 2 heterocycles. The van der Waals surface area contributed by atoms with E-state index in [-0.39, 0.29) is 0 Å². The lowest BCUT2D eigenvalue weighted by Crippen LogP contribution is -1.94. The van der Waals surface area contributed by atoms with Gasteiger partial charge < -0.3 is 0 Å². The number of hydrogen-bond donors (Lipinski definition) is 0. The molecule has 4 rings (SSSR count). The second-order valence-electron chi connectivity index (χ2n) is 5.07. The number of hydrogen-bond acceptors (Lipinski definition) is 3. The van der Waals surface area contributed by atoms with Crippen molar-refractivity contribution in [1.82, 2.24) is 15.0 Å². The minimum absolute atomic E-state index is 0.726. The van der Waals surface area contributed by atoms with Crippen LogP contribution in [-0.4, -0.2) is 15.0 Å². The van der Waals surface area contributed by atoms with Crippen molar-refractivity contribution in [1.29, 1.82) is 0 Å². The topological polar surface area (TPSA) is 38.7 Å². The third-order valence-electron chi connectivity index (χ3n) is 3.64. The number of rotatable bonds is 1. The second-order valence-corrected chi connectivity index (χ2v) is 5.07. The number of para-hydroxylation sites is 2. The predicted octanol–water partition coefficient (Wildman–Crippen LogP) is 4.15. The molecule has 0 bridgehead atoms. The van der Waals surface area contributed by atoms with E-state index < -0.39 is 0 Å². The van der Waals surface area contributed by atoms with Gasteiger partial charge in [-0.05, 0) is 25.1 Å². The molecule has 0 N–H and O–H groups in total. The first kappa shape index (κ1) is 12.0. The SMILES string of the molecule is Cc1nc(-c2cnc3ccccc3c2)nc2ccccc12. The summed E-state index contributed by atoms with van der Waals surface area (Å²) in [6.07, 6.45) is 1.84. The molecule has 0 spiro atoms. The van der Waals surface area contributed by atoms with E-state index >= 15 is 0 Å². The van der Waals surface area contributed by atoms with Crippen molar-refractivity contribution in [3.8, 4) is 11.4 Å². The molecule has 3 nitrogen and oxygen atoms in total. The van der Waals surface area contributed by atoms with Crippen LogP contribution in [0, 0.1) is 6.92 Å². The molecule has 0 saturated carbocycles. The lowest BCUT2D eigenvalue weighted by molar-refractivity contribution is 1.15. The molecule has 0 amide bonds. The Morgan fingerprint density at radius 3 is 2.48 bits per heavy atom. The summed E-state index contributed by atoms with van der Waals surface area (Å²) in [5.74, 6) is 0.726. The van der Waals surface area contributed by atoms with Crippen molar-refractivity contribution in [2.24, 2.45) is 0 Å². The summed E-state index contributed by atoms with van der Waals surface area (Å²) in [6.45, 7) is 2.02. The van der Waals surface area contributed by atoms with Crippen molar-refractivity contribution < 1.29 is 0 Å². The van der Waals surface area contributed by atoms with Crippen molar-refractivity contribution in [3.05, 3.63) is 66.5 Å². The molecule has 21 heavy (non-hydrogen) atoms. The molecule has 0 aliphatic carbocycles. The average molecular weight is 271 g/mol. The Bertz CT molecular complexity index is 961. The first-order chi connectivity index (χ1) is 10.3. The minimum Gasteiger partial charge on any atom is -0.255 e. The highest BCUT2D eigenvalue weighted by atomic mass is 14.9. The van der Waals surface area contributed by atoms with Crippen LogP contribution in [0.2, 0.25) is 0 Å². The number of benzene rings is 2. The molecule has 4 aromatic rings. The molecule has 2 aromatic heterocycles. The number of aromatic nitrogens is 3. The first-order valence-electron chi connectivity index (χ1n) is 6.90. The Kier molecular flexibility index (Phi) is 2.64. The average Bonchev–Trinajstić information content (AvgIpc) is 2.54. The quantitative estimate of drug-likeness (QED) is 0.522. The monoisotopic (exact) mass is 271 g/mol. The zero-order valence-electron chi connectivity index (χ0n) is 11.6. The summed E-state index contributed by atoms with van der Waals surface area (Å²) in [5, 5.41) is 2.19. The van der Waals surface area contributed by atoms with Gasteiger partial charge in [0.2, 0.25) is 0 Å². The maximum absolute atomic E-state index is 4.66. The molecule has 2 aromatic carbocycles. The Morgan fingerprint density at radius 2 is 1.57 bits per heavy atom. The highest BCUT2D eigenvalue weighted by molar-refractivity contribution is 5.85. The van der Waals surface area contributed by atoms with Crippen LogP contribution in [0.1, 0.15) is 5.69 Å². The fourth-order valence-corrected chi connectivity index (χ4v) is 2.56. The van der Waals surface area contributed by atoms with Gasteiger partial charge in [-0.25, -0.2) is 9.97 Å². The molecular weight excluding hydrogens is 258 g/mol. The van der Waals surface area contributed by atoms with Crippen LogP contribution >= 0.6 is 0 Å². The fraction of sp³-hybridized carbons (Fsp3) is 0.0556. The van der Waals surface area contributed by atoms with Gasteiger partial charge in [0.05, 0.1) is 11.0 Å². The number of fused-ring (bicyclic) bond motifs is 2. The molecule has 0 radical (unpaired) electrons. The largest absolute Gasteiger partial charge is 0.255 e. The molecule has 3 heteroatoms. The number of aryl methyl sites for hydroxylation is 1. The Hall–Kier alpha value is -2.81. The number of pyridine rings is 1. The van der Waals surface area contributed by atoms with E-state index in [1.807, 2.05) is 55.6 Å². The molecule has 0 unspecified atom stereocenters. The van der Waals surface area contributed by atoms with Crippen LogP contribution in [0.4, 0.5) is 0 Å². The molecule has 0 fully saturated rings. The summed E-state index contributed by atoms with van der Waals surface area (Å²) in [5.41, 5.74) is 3.89. The molecule has 0 atom stereocenters. The van der Waals surface area contributed by atoms with E-state index in [4.69, 9.17) is 0 Å². The summed E-state index contributed by atoms with van der Waals surface area (Å²) >= 11 is 0. The standard InChI is InChI=1S/C18H13N3/c1-12-15-7-3-5-9-17(15)21-18(20-12)14-10-13-6-2-4-8-16(13)19-11-14/h2-11H,1H3. The van der Waals surface area contributed by atoms with E-state index in [0.717, 1.165) is 38.9 Å². The third-order valence-corrected chi connectivity index (χ3v) is 3.64. The lowest BCUT2D eigenvalue weighted by Gasteiger charge is -2.06. The van der Waals surface area contributed by atoms with Crippen LogP contribution in [0.5, 0.6) is 0 Å². The molecule has 0 aliphatic heterocycles. The van der Waals surface area contributed by atoms with Gasteiger partial charge in [0.15, 0.2) is 5.82 Å². The second kappa shape index (κ2) is 4.63. The van der Waals surface area contributed by atoms with Gasteiger partial charge in [0.25, 0.3) is 0 Å². The summed E-state index contributed by atoms with van der Waals surface area (Å²) in [4.78, 5) is 13.8. The van der Waals surface area contributed by atoms with Gasteiger partial charge in [-0.3, -0.25) is 4.98 Å². The summed E-state index contributed by atoms with van der Waals surface area (Å²) < 4.78 is 0. The molecule has 0 aliphatic rings. The molecular formula is C18H13N3. The van der Waals surface area contributed by atoms with Crippen LogP contribution in [0.15, 0.2) is 60.8 Å². The van der Waals surface area contributed by atoms with Crippen molar-refractivity contribution >= 4 is 21.8 Å². The Morgan fingerprint density at radius 1 is 0.810 bits per heavy atom. The van der Waals surface area contributed by atoms with Gasteiger partial charge in [0, 0.05) is 28.2 Å². The maximum atomic E-state index is 4.66. The maximum Gasteiger partial charge on any atom is 0.161 e. The summed E-state index contributed by atoms with van der Waals surface area (Å²) in [6, 6.07) is 18.2. The normalized spacial score (nSPS) is 11.1. The smallest absolute Gasteiger partial charge is 0.161 e. The van der Waals surface area contributed by atoms with E-state index in [9.17, 15) is 0 Å². The molecule has 100 valence electrons. The fourth-order valence-electron chi connectivity index (χ4n) is 2.56. The Labute approximate surface area is 122 Å². The van der Waals surface area contributed by atoms with Crippen LogP contribution in [0.3, 0.4) is 0 Å². The van der Waals surface area contributed by atoms with Gasteiger partial charge in [-0.15, -0.1) is 0 Å². The van der Waals surface area contributed by atoms with Crippen LogP contribution in [0.25, 0.3) is 33.2 Å². The van der Waals surface area contributed by atoms with Crippen LogP contribution < -0.4 is 0 Å². The minimum atomic E-state index is 0.726.